The van der Waals surface area contributed by atoms with Crippen LogP contribution >= 0.6 is 12.4 Å². The zero-order valence-corrected chi connectivity index (χ0v) is 15.6. The Hall–Kier alpha value is 0.964. The van der Waals surface area contributed by atoms with Crippen molar-refractivity contribution in [1.82, 2.24) is 3.38 Å². The molecule has 0 atom stereocenters. The summed E-state index contributed by atoms with van der Waals surface area (Å²) in [5.74, 6) is 0. The molecular formula is C16H35ClNTi. The van der Waals surface area contributed by atoms with Crippen molar-refractivity contribution in [3.8, 4) is 0 Å². The number of rotatable bonds is 14. The Morgan fingerprint density at radius 1 is 0.579 bits per heavy atom. The molecule has 0 fully saturated rings. The fourth-order valence-electron chi connectivity index (χ4n) is 2.28. The van der Waals surface area contributed by atoms with Gasteiger partial charge in [0.25, 0.3) is 0 Å². The summed E-state index contributed by atoms with van der Waals surface area (Å²) in [5, 5.41) is 0. The van der Waals surface area contributed by atoms with Crippen LogP contribution in [0.4, 0.5) is 0 Å². The fourth-order valence-corrected chi connectivity index (χ4v) is 2.77. The van der Waals surface area contributed by atoms with Crippen molar-refractivity contribution in [2.75, 3.05) is 13.1 Å². The van der Waals surface area contributed by atoms with Crippen molar-refractivity contribution in [1.29, 1.82) is 0 Å². The van der Waals surface area contributed by atoms with Gasteiger partial charge in [-0.1, -0.05) is 0 Å². The first-order chi connectivity index (χ1) is 8.81. The normalized spacial score (nSPS) is 10.6. The Morgan fingerprint density at radius 3 is 1.26 bits per heavy atom. The molecular weight excluding hydrogens is 290 g/mol. The molecule has 0 saturated heterocycles. The van der Waals surface area contributed by atoms with Crippen LogP contribution in [-0.4, -0.2) is 16.5 Å². The first-order valence-corrected chi connectivity index (χ1v) is 8.97. The van der Waals surface area contributed by atoms with E-state index in [2.05, 4.69) is 37.9 Å². The van der Waals surface area contributed by atoms with Crippen LogP contribution in [0.15, 0.2) is 0 Å². The fraction of sp³-hybridized carbons (Fsp3) is 1.00. The van der Waals surface area contributed by atoms with Gasteiger partial charge in [0.1, 0.15) is 0 Å². The maximum atomic E-state index is 2.53. The first-order valence-electron chi connectivity index (χ1n) is 8.27. The summed E-state index contributed by atoms with van der Waals surface area (Å²) in [4.78, 5) is 0. The van der Waals surface area contributed by atoms with E-state index in [1.165, 1.54) is 90.1 Å². The number of halogens is 1. The predicted molar refractivity (Wildman–Crippen MR) is 85.6 cm³/mol. The second kappa shape index (κ2) is 19.0. The minimum Gasteiger partial charge on any atom is -0.147 e. The second-order valence-electron chi connectivity index (χ2n) is 5.52. The molecule has 0 unspecified atom stereocenters. The SMILES string of the molecule is CCCCCCCC[N]([Ti])CCCCCCCC.Cl. The first kappa shape index (κ1) is 22.2. The molecule has 0 aliphatic rings. The third-order valence-electron chi connectivity index (χ3n) is 3.56. The van der Waals surface area contributed by atoms with E-state index >= 15 is 0 Å². The van der Waals surface area contributed by atoms with Crippen LogP contribution in [0.1, 0.15) is 90.9 Å². The van der Waals surface area contributed by atoms with E-state index in [-0.39, 0.29) is 12.4 Å². The summed E-state index contributed by atoms with van der Waals surface area (Å²) in [7, 11) is 0. The van der Waals surface area contributed by atoms with Crippen molar-refractivity contribution in [3.63, 3.8) is 0 Å². The molecule has 0 saturated carbocycles. The van der Waals surface area contributed by atoms with Crippen LogP contribution in [0.2, 0.25) is 0 Å². The van der Waals surface area contributed by atoms with Gasteiger partial charge in [0, 0.05) is 0 Å². The van der Waals surface area contributed by atoms with Crippen molar-refractivity contribution >= 4 is 12.4 Å². The van der Waals surface area contributed by atoms with Crippen LogP contribution < -0.4 is 0 Å². The van der Waals surface area contributed by atoms with Gasteiger partial charge in [-0.05, 0) is 0 Å². The van der Waals surface area contributed by atoms with Gasteiger partial charge >= 0.3 is 128 Å². The molecule has 0 aromatic rings. The average molecular weight is 325 g/mol. The predicted octanol–water partition coefficient (Wildman–Crippen LogP) is 5.89. The van der Waals surface area contributed by atoms with E-state index in [1.807, 2.05) is 0 Å². The van der Waals surface area contributed by atoms with E-state index in [1.54, 1.807) is 0 Å². The zero-order valence-electron chi connectivity index (χ0n) is 13.3. The molecule has 0 aliphatic heterocycles. The van der Waals surface area contributed by atoms with Crippen LogP contribution in [-0.2, 0) is 20.7 Å². The number of nitrogens with zero attached hydrogens (tertiary/aromatic N) is 1. The third kappa shape index (κ3) is 19.0. The standard InChI is InChI=1S/C16H34N.ClH.Ti/c1-3-5-7-9-11-13-15-17-16-14-12-10-8-6-4-2;;/h3-16H2,1-2H3;1H;/q-1;;+1. The molecule has 0 amide bonds. The van der Waals surface area contributed by atoms with E-state index in [9.17, 15) is 0 Å². The van der Waals surface area contributed by atoms with Crippen molar-refractivity contribution in [2.45, 2.75) is 90.9 Å². The molecule has 19 heavy (non-hydrogen) atoms. The van der Waals surface area contributed by atoms with Gasteiger partial charge in [-0.15, -0.1) is 12.4 Å². The Kier molecular flexibility index (Phi) is 22.2. The van der Waals surface area contributed by atoms with Gasteiger partial charge in [-0.3, -0.25) is 0 Å². The summed E-state index contributed by atoms with van der Waals surface area (Å²) < 4.78 is 2.53. The summed E-state index contributed by atoms with van der Waals surface area (Å²) in [6.07, 6.45) is 17.0. The molecule has 0 aromatic carbocycles. The molecule has 0 spiro atoms. The molecule has 0 N–H and O–H groups in total. The zero-order chi connectivity index (χ0) is 13.5. The number of hydrogen-bond acceptors (Lipinski definition) is 1. The Morgan fingerprint density at radius 2 is 0.895 bits per heavy atom. The smallest absolute Gasteiger partial charge is 0.147 e. The van der Waals surface area contributed by atoms with E-state index in [4.69, 9.17) is 0 Å². The monoisotopic (exact) mass is 324 g/mol. The van der Waals surface area contributed by atoms with Gasteiger partial charge in [0.05, 0.1) is 0 Å². The topological polar surface area (TPSA) is 3.24 Å². The summed E-state index contributed by atoms with van der Waals surface area (Å²) >= 11 is 2.29. The molecule has 0 rings (SSSR count). The van der Waals surface area contributed by atoms with Crippen molar-refractivity contribution in [3.05, 3.63) is 0 Å². The summed E-state index contributed by atoms with van der Waals surface area (Å²) in [6.45, 7) is 7.19. The number of hydrogen-bond donors (Lipinski definition) is 0. The Labute approximate surface area is 140 Å². The molecule has 0 bridgehead atoms. The van der Waals surface area contributed by atoms with Crippen molar-refractivity contribution in [2.24, 2.45) is 0 Å². The molecule has 0 aliphatic carbocycles. The second-order valence-corrected chi connectivity index (χ2v) is 6.51. The molecule has 0 radical (unpaired) electrons. The molecule has 115 valence electrons. The summed E-state index contributed by atoms with van der Waals surface area (Å²) in [5.41, 5.74) is 0. The van der Waals surface area contributed by atoms with Gasteiger partial charge in [-0.25, -0.2) is 0 Å². The van der Waals surface area contributed by atoms with Crippen LogP contribution in [0.5, 0.6) is 0 Å². The minimum absolute atomic E-state index is 0. The van der Waals surface area contributed by atoms with Crippen LogP contribution in [0.25, 0.3) is 0 Å². The van der Waals surface area contributed by atoms with Gasteiger partial charge < -0.3 is 0 Å². The maximum Gasteiger partial charge on any atom is -0.147 e. The minimum atomic E-state index is 0. The Balaban J connectivity index is 0. The van der Waals surface area contributed by atoms with Gasteiger partial charge in [-0.2, -0.15) is 0 Å². The third-order valence-corrected chi connectivity index (χ3v) is 4.26. The van der Waals surface area contributed by atoms with Crippen LogP contribution in [0.3, 0.4) is 0 Å². The molecule has 0 aromatic heterocycles. The maximum absolute atomic E-state index is 2.53. The molecule has 1 nitrogen and oxygen atoms in total. The van der Waals surface area contributed by atoms with Gasteiger partial charge in [0.15, 0.2) is 0 Å². The average Bonchev–Trinajstić information content (AvgIpc) is 2.38. The Bertz CT molecular complexity index is 140. The number of unbranched alkanes of at least 4 members (excludes halogenated alkanes) is 10. The summed E-state index contributed by atoms with van der Waals surface area (Å²) in [6, 6.07) is 0. The van der Waals surface area contributed by atoms with Crippen LogP contribution in [0, 0.1) is 0 Å². The largest absolute Gasteiger partial charge is 0.147 e. The van der Waals surface area contributed by atoms with Gasteiger partial charge in [0.2, 0.25) is 0 Å². The quantitative estimate of drug-likeness (QED) is 0.284. The molecule has 0 heterocycles. The van der Waals surface area contributed by atoms with Crippen molar-refractivity contribution < 1.29 is 20.7 Å². The van der Waals surface area contributed by atoms with E-state index in [0.29, 0.717) is 0 Å². The molecule has 3 heteroatoms. The van der Waals surface area contributed by atoms with E-state index < -0.39 is 0 Å². The van der Waals surface area contributed by atoms with E-state index in [0.717, 1.165) is 0 Å².